The minimum atomic E-state index is -5.13. The smallest absolute Gasteiger partial charge is 0.419 e. The largest absolute Gasteiger partial charge is 0.477 e. The molecule has 10 nitrogen and oxygen atoms in total. The first-order valence-electron chi connectivity index (χ1n) is 9.66. The van der Waals surface area contributed by atoms with Crippen molar-refractivity contribution in [2.24, 2.45) is 0 Å². The maximum Gasteiger partial charge on any atom is 0.419 e. The Morgan fingerprint density at radius 1 is 1.00 bits per heavy atom. The summed E-state index contributed by atoms with van der Waals surface area (Å²) >= 11 is 0. The monoisotopic (exact) mass is 491 g/mol. The molecule has 0 unspecified atom stereocenters. The van der Waals surface area contributed by atoms with Crippen LogP contribution >= 0.6 is 0 Å². The molecule has 0 saturated heterocycles. The van der Waals surface area contributed by atoms with Gasteiger partial charge in [0.25, 0.3) is 5.56 Å². The second-order valence-corrected chi connectivity index (χ2v) is 7.21. The number of hydrogen-bond donors (Lipinski definition) is 2. The fourth-order valence-corrected chi connectivity index (χ4v) is 3.47. The Kier molecular flexibility index (Phi) is 5.72. The molecule has 0 aliphatic rings. The average Bonchev–Trinajstić information content (AvgIpc) is 3.21. The van der Waals surface area contributed by atoms with E-state index in [-0.39, 0.29) is 10.3 Å². The van der Waals surface area contributed by atoms with Gasteiger partial charge < -0.3 is 5.11 Å². The van der Waals surface area contributed by atoms with Crippen LogP contribution in [0.3, 0.4) is 0 Å². The average molecular weight is 491 g/mol. The fraction of sp³-hybridized carbons (Fsp3) is 0.0952. The zero-order chi connectivity index (χ0) is 25.5. The van der Waals surface area contributed by atoms with Crippen molar-refractivity contribution in [2.45, 2.75) is 12.7 Å². The second kappa shape index (κ2) is 8.55. The number of benzene rings is 2. The molecule has 0 aliphatic carbocycles. The molecule has 2 aromatic carbocycles. The van der Waals surface area contributed by atoms with E-state index in [1.807, 2.05) is 0 Å². The van der Waals surface area contributed by atoms with Gasteiger partial charge in [-0.2, -0.15) is 18.3 Å². The van der Waals surface area contributed by atoms with E-state index in [4.69, 9.17) is 0 Å². The van der Waals surface area contributed by atoms with E-state index in [0.717, 1.165) is 27.5 Å². The third kappa shape index (κ3) is 4.28. The van der Waals surface area contributed by atoms with Crippen LogP contribution in [0.4, 0.5) is 17.6 Å². The minimum Gasteiger partial charge on any atom is -0.477 e. The van der Waals surface area contributed by atoms with Gasteiger partial charge in [0.15, 0.2) is 0 Å². The van der Waals surface area contributed by atoms with Gasteiger partial charge >= 0.3 is 23.5 Å². The van der Waals surface area contributed by atoms with Gasteiger partial charge in [-0.3, -0.25) is 13.9 Å². The van der Waals surface area contributed by atoms with Gasteiger partial charge in [-0.25, -0.2) is 28.4 Å². The maximum atomic E-state index is 14.0. The van der Waals surface area contributed by atoms with Crippen LogP contribution in [-0.4, -0.2) is 35.0 Å². The lowest BCUT2D eigenvalue weighted by Crippen LogP contribution is -2.42. The normalized spacial score (nSPS) is 11.5. The Hall–Kier alpha value is -4.75. The number of aromatic carboxylic acids is 1. The van der Waals surface area contributed by atoms with Crippen LogP contribution in [0.15, 0.2) is 69.4 Å². The summed E-state index contributed by atoms with van der Waals surface area (Å²) in [6.07, 6.45) is -3.20. The first-order valence-corrected chi connectivity index (χ1v) is 9.66. The van der Waals surface area contributed by atoms with Crippen LogP contribution in [-0.2, 0) is 12.7 Å². The van der Waals surface area contributed by atoms with Crippen molar-refractivity contribution in [3.8, 4) is 11.4 Å². The molecule has 0 fully saturated rings. The lowest BCUT2D eigenvalue weighted by atomic mass is 10.1. The molecular weight excluding hydrogens is 478 g/mol. The molecule has 0 saturated carbocycles. The highest BCUT2D eigenvalue weighted by molar-refractivity contribution is 5.86. The van der Waals surface area contributed by atoms with Gasteiger partial charge in [0.05, 0.1) is 23.5 Å². The van der Waals surface area contributed by atoms with Crippen molar-refractivity contribution in [2.75, 3.05) is 0 Å². The number of nitrogens with zero attached hydrogens (tertiary/aromatic N) is 4. The van der Waals surface area contributed by atoms with Crippen molar-refractivity contribution in [1.82, 2.24) is 23.9 Å². The molecule has 14 heteroatoms. The maximum absolute atomic E-state index is 14.0. The SMILES string of the molecule is O=C(O)c1cn(-c2ccc(-n3cn[nH]c3=O)cc2)c(=O)n(Cc2cccc(F)c2C(F)(F)F)c1=O. The molecule has 2 N–H and O–H groups in total. The van der Waals surface area contributed by atoms with E-state index in [0.29, 0.717) is 11.8 Å². The topological polar surface area (TPSA) is 132 Å². The Balaban J connectivity index is 1.88. The van der Waals surface area contributed by atoms with Crippen molar-refractivity contribution >= 4 is 5.97 Å². The number of nitrogens with one attached hydrogen (secondary N) is 1. The molecule has 0 bridgehead atoms. The molecule has 0 radical (unpaired) electrons. The van der Waals surface area contributed by atoms with Crippen molar-refractivity contribution < 1.29 is 27.5 Å². The summed E-state index contributed by atoms with van der Waals surface area (Å²) in [5.74, 6) is -3.34. The molecule has 0 spiro atoms. The highest BCUT2D eigenvalue weighted by atomic mass is 19.4. The van der Waals surface area contributed by atoms with Gasteiger partial charge in [-0.05, 0) is 35.9 Å². The van der Waals surface area contributed by atoms with Crippen LogP contribution in [0.25, 0.3) is 11.4 Å². The molecule has 2 heterocycles. The minimum absolute atomic E-state index is 0.0434. The lowest BCUT2D eigenvalue weighted by Gasteiger charge is -2.16. The molecule has 2 aromatic heterocycles. The summed E-state index contributed by atoms with van der Waals surface area (Å²) in [5, 5.41) is 15.2. The lowest BCUT2D eigenvalue weighted by molar-refractivity contribution is -0.140. The van der Waals surface area contributed by atoms with Gasteiger partial charge in [0.2, 0.25) is 0 Å². The van der Waals surface area contributed by atoms with E-state index >= 15 is 0 Å². The van der Waals surface area contributed by atoms with Crippen LogP contribution in [0, 0.1) is 5.82 Å². The Morgan fingerprint density at radius 3 is 2.17 bits per heavy atom. The summed E-state index contributed by atoms with van der Waals surface area (Å²) in [6, 6.07) is 7.85. The Labute approximate surface area is 190 Å². The highest BCUT2D eigenvalue weighted by Crippen LogP contribution is 2.34. The van der Waals surface area contributed by atoms with E-state index < -0.39 is 58.1 Å². The molecular formula is C21H13F4N5O5. The van der Waals surface area contributed by atoms with Crippen LogP contribution < -0.4 is 16.9 Å². The summed E-state index contributed by atoms with van der Waals surface area (Å²) in [7, 11) is 0. The molecule has 0 amide bonds. The highest BCUT2D eigenvalue weighted by Gasteiger charge is 2.37. The molecule has 4 aromatic rings. The molecule has 4 rings (SSSR count). The van der Waals surface area contributed by atoms with Crippen molar-refractivity contribution in [1.29, 1.82) is 0 Å². The van der Waals surface area contributed by atoms with Crippen molar-refractivity contribution in [3.63, 3.8) is 0 Å². The Morgan fingerprint density at radius 2 is 1.63 bits per heavy atom. The quantitative estimate of drug-likeness (QED) is 0.409. The molecule has 0 atom stereocenters. The standard InChI is InChI=1S/C21H13F4N5O5/c22-15-3-1-2-11(16(15)21(23,24)25)8-29-17(31)14(18(32)33)9-28(20(29)35)12-4-6-13(7-5-12)30-10-26-27-19(30)34/h1-7,9-10H,8H2,(H,27,34)(H,32,33). The van der Waals surface area contributed by atoms with E-state index in [1.54, 1.807) is 0 Å². The van der Waals surface area contributed by atoms with Gasteiger partial charge in [0, 0.05) is 6.20 Å². The molecule has 180 valence electrons. The van der Waals surface area contributed by atoms with E-state index in [2.05, 4.69) is 10.2 Å². The van der Waals surface area contributed by atoms with Gasteiger partial charge in [-0.1, -0.05) is 12.1 Å². The number of H-pyrrole nitrogens is 1. The van der Waals surface area contributed by atoms with E-state index in [1.165, 1.54) is 30.6 Å². The molecule has 0 aliphatic heterocycles. The fourth-order valence-electron chi connectivity index (χ4n) is 3.47. The zero-order valence-corrected chi connectivity index (χ0v) is 17.3. The number of aromatic nitrogens is 5. The number of rotatable bonds is 5. The van der Waals surface area contributed by atoms with Crippen LogP contribution in [0.5, 0.6) is 0 Å². The number of alkyl halides is 3. The molecule has 35 heavy (non-hydrogen) atoms. The summed E-state index contributed by atoms with van der Waals surface area (Å²) in [5.41, 5.74) is -6.00. The van der Waals surface area contributed by atoms with Gasteiger partial charge in [0.1, 0.15) is 17.7 Å². The predicted molar refractivity (Wildman–Crippen MR) is 112 cm³/mol. The number of carbonyl (C=O) groups is 1. The predicted octanol–water partition coefficient (Wildman–Crippen LogP) is 1.78. The third-order valence-corrected chi connectivity index (χ3v) is 5.07. The number of carboxylic acid groups (broad SMARTS) is 1. The van der Waals surface area contributed by atoms with E-state index in [9.17, 15) is 41.8 Å². The van der Waals surface area contributed by atoms with Gasteiger partial charge in [-0.15, -0.1) is 0 Å². The first-order chi connectivity index (χ1) is 16.5. The number of carboxylic acids is 1. The van der Waals surface area contributed by atoms with Crippen molar-refractivity contribution in [3.05, 3.63) is 109 Å². The second-order valence-electron chi connectivity index (χ2n) is 7.21. The summed E-state index contributed by atoms with van der Waals surface area (Å²) < 4.78 is 56.4. The summed E-state index contributed by atoms with van der Waals surface area (Å²) in [6.45, 7) is -1.03. The first kappa shape index (κ1) is 23.4. The zero-order valence-electron chi connectivity index (χ0n) is 17.3. The summed E-state index contributed by atoms with van der Waals surface area (Å²) in [4.78, 5) is 49.1. The number of hydrogen-bond acceptors (Lipinski definition) is 5. The van der Waals surface area contributed by atoms with Crippen LogP contribution in [0.1, 0.15) is 21.5 Å². The number of aromatic amines is 1. The number of halogens is 4. The Bertz CT molecular complexity index is 1610. The third-order valence-electron chi connectivity index (χ3n) is 5.07. The van der Waals surface area contributed by atoms with Crippen LogP contribution in [0.2, 0.25) is 0 Å².